The second-order valence-electron chi connectivity index (χ2n) is 4.25. The highest BCUT2D eigenvalue weighted by atomic mass is 35.5. The van der Waals surface area contributed by atoms with E-state index in [1.54, 1.807) is 12.1 Å². The Balaban J connectivity index is 1.85. The Kier molecular flexibility index (Phi) is 3.54. The van der Waals surface area contributed by atoms with Crippen LogP contribution in [-0.2, 0) is 9.53 Å². The molecule has 1 aromatic heterocycles. The molecule has 0 amide bonds. The second-order valence-corrected chi connectivity index (χ2v) is 5.85. The van der Waals surface area contributed by atoms with Gasteiger partial charge in [-0.2, -0.15) is 0 Å². The number of carbonyl (C=O) groups excluding carboxylic acids is 1. The van der Waals surface area contributed by atoms with E-state index in [1.807, 2.05) is 12.1 Å². The molecule has 0 bridgehead atoms. The minimum Gasteiger partial charge on any atom is -0.465 e. The van der Waals surface area contributed by atoms with Crippen LogP contribution in [0.4, 0.5) is 0 Å². The molecular formula is C12H11ClN4O2S. The molecule has 6 nitrogen and oxygen atoms in total. The van der Waals surface area contributed by atoms with E-state index in [0.717, 1.165) is 5.56 Å². The van der Waals surface area contributed by atoms with Crippen molar-refractivity contribution in [2.24, 2.45) is 0 Å². The lowest BCUT2D eigenvalue weighted by Crippen LogP contribution is -2.15. The largest absolute Gasteiger partial charge is 0.465 e. The summed E-state index contributed by atoms with van der Waals surface area (Å²) in [5.41, 5.74) is 0.810. The first-order valence-corrected chi connectivity index (χ1v) is 7.20. The van der Waals surface area contributed by atoms with E-state index in [4.69, 9.17) is 22.2 Å². The van der Waals surface area contributed by atoms with Gasteiger partial charge >= 0.3 is 5.97 Å². The SMILES string of the molecule is Nn1c(S[C@@H]2CCOC2=O)nnc1-c1ccc(Cl)cc1. The van der Waals surface area contributed by atoms with E-state index in [1.165, 1.54) is 16.4 Å². The molecule has 1 atom stereocenters. The Morgan fingerprint density at radius 1 is 1.35 bits per heavy atom. The van der Waals surface area contributed by atoms with Gasteiger partial charge in [0.15, 0.2) is 5.82 Å². The number of esters is 1. The van der Waals surface area contributed by atoms with E-state index < -0.39 is 0 Å². The Labute approximate surface area is 124 Å². The summed E-state index contributed by atoms with van der Waals surface area (Å²) in [4.78, 5) is 11.4. The lowest BCUT2D eigenvalue weighted by atomic mass is 10.2. The van der Waals surface area contributed by atoms with Crippen molar-refractivity contribution in [3.63, 3.8) is 0 Å². The fourth-order valence-corrected chi connectivity index (χ4v) is 2.91. The maximum Gasteiger partial charge on any atom is 0.319 e. The van der Waals surface area contributed by atoms with Gasteiger partial charge in [0.05, 0.1) is 6.61 Å². The van der Waals surface area contributed by atoms with Gasteiger partial charge < -0.3 is 10.6 Å². The molecule has 0 saturated carbocycles. The van der Waals surface area contributed by atoms with Crippen LogP contribution in [0, 0.1) is 0 Å². The number of hydrogen-bond donors (Lipinski definition) is 1. The molecule has 0 radical (unpaired) electrons. The van der Waals surface area contributed by atoms with Crippen molar-refractivity contribution < 1.29 is 9.53 Å². The molecule has 1 aliphatic heterocycles. The molecule has 2 aromatic rings. The van der Waals surface area contributed by atoms with Gasteiger partial charge in [-0.3, -0.25) is 4.79 Å². The zero-order chi connectivity index (χ0) is 14.1. The maximum absolute atomic E-state index is 11.4. The number of rotatable bonds is 3. The predicted molar refractivity (Wildman–Crippen MR) is 75.8 cm³/mol. The summed E-state index contributed by atoms with van der Waals surface area (Å²) in [6, 6.07) is 7.14. The van der Waals surface area contributed by atoms with E-state index in [-0.39, 0.29) is 11.2 Å². The van der Waals surface area contributed by atoms with Gasteiger partial charge in [-0.1, -0.05) is 23.4 Å². The molecular weight excluding hydrogens is 300 g/mol. The summed E-state index contributed by atoms with van der Waals surface area (Å²) in [5.74, 6) is 6.28. The van der Waals surface area contributed by atoms with Crippen molar-refractivity contribution in [2.45, 2.75) is 16.8 Å². The Morgan fingerprint density at radius 3 is 2.75 bits per heavy atom. The van der Waals surface area contributed by atoms with Crippen molar-refractivity contribution in [3.05, 3.63) is 29.3 Å². The van der Waals surface area contributed by atoms with Crippen molar-refractivity contribution >= 4 is 29.3 Å². The number of cyclic esters (lactones) is 1. The summed E-state index contributed by atoms with van der Waals surface area (Å²) in [6.45, 7) is 0.444. The molecule has 3 rings (SSSR count). The van der Waals surface area contributed by atoms with Crippen molar-refractivity contribution in [3.8, 4) is 11.4 Å². The number of nitrogen functional groups attached to an aromatic ring is 1. The summed E-state index contributed by atoms with van der Waals surface area (Å²) in [7, 11) is 0. The first-order valence-electron chi connectivity index (χ1n) is 5.95. The van der Waals surface area contributed by atoms with Gasteiger partial charge in [0.2, 0.25) is 5.16 Å². The molecule has 2 heterocycles. The lowest BCUT2D eigenvalue weighted by molar-refractivity contribution is -0.137. The number of nitrogens with zero attached hydrogens (tertiary/aromatic N) is 3. The smallest absolute Gasteiger partial charge is 0.319 e. The van der Waals surface area contributed by atoms with Gasteiger partial charge in [-0.25, -0.2) is 4.68 Å². The number of ether oxygens (including phenoxy) is 1. The van der Waals surface area contributed by atoms with Crippen molar-refractivity contribution in [1.29, 1.82) is 0 Å². The first-order chi connectivity index (χ1) is 9.65. The Bertz CT molecular complexity index is 643. The number of hydrogen-bond acceptors (Lipinski definition) is 6. The first kappa shape index (κ1) is 13.3. The van der Waals surface area contributed by atoms with Crippen molar-refractivity contribution in [2.75, 3.05) is 12.4 Å². The molecule has 8 heteroatoms. The van der Waals surface area contributed by atoms with Gasteiger partial charge in [0.25, 0.3) is 0 Å². The summed E-state index contributed by atoms with van der Waals surface area (Å²) in [6.07, 6.45) is 0.659. The monoisotopic (exact) mass is 310 g/mol. The van der Waals surface area contributed by atoms with Gasteiger partial charge in [0.1, 0.15) is 5.25 Å². The van der Waals surface area contributed by atoms with Crippen LogP contribution in [0.25, 0.3) is 11.4 Å². The highest BCUT2D eigenvalue weighted by Gasteiger charge is 2.29. The molecule has 0 unspecified atom stereocenters. The van der Waals surface area contributed by atoms with Gasteiger partial charge in [0, 0.05) is 17.0 Å². The highest BCUT2D eigenvalue weighted by Crippen LogP contribution is 2.29. The molecule has 0 spiro atoms. The van der Waals surface area contributed by atoms with Crippen molar-refractivity contribution in [1.82, 2.24) is 14.9 Å². The number of thioether (sulfide) groups is 1. The van der Waals surface area contributed by atoms with Crippen LogP contribution < -0.4 is 5.84 Å². The third-order valence-corrected chi connectivity index (χ3v) is 4.36. The molecule has 104 valence electrons. The minimum absolute atomic E-state index is 0.231. The lowest BCUT2D eigenvalue weighted by Gasteiger charge is -2.05. The fourth-order valence-electron chi connectivity index (χ4n) is 1.86. The van der Waals surface area contributed by atoms with E-state index >= 15 is 0 Å². The average Bonchev–Trinajstić information content (AvgIpc) is 3.00. The van der Waals surface area contributed by atoms with Crippen LogP contribution >= 0.6 is 23.4 Å². The summed E-state index contributed by atoms with van der Waals surface area (Å²) in [5, 5.41) is 8.94. The zero-order valence-corrected chi connectivity index (χ0v) is 11.9. The van der Waals surface area contributed by atoms with Crippen LogP contribution in [0.5, 0.6) is 0 Å². The van der Waals surface area contributed by atoms with Crippen LogP contribution in [0.3, 0.4) is 0 Å². The molecule has 0 aliphatic carbocycles. The molecule has 1 fully saturated rings. The fraction of sp³-hybridized carbons (Fsp3) is 0.250. The van der Waals surface area contributed by atoms with Crippen LogP contribution in [0.2, 0.25) is 5.02 Å². The number of halogens is 1. The van der Waals surface area contributed by atoms with E-state index in [9.17, 15) is 4.79 Å². The van der Waals surface area contributed by atoms with Crippen LogP contribution in [0.1, 0.15) is 6.42 Å². The minimum atomic E-state index is -0.264. The van der Waals surface area contributed by atoms with Gasteiger partial charge in [-0.15, -0.1) is 10.2 Å². The third kappa shape index (κ3) is 2.46. The Hall–Kier alpha value is -1.73. The van der Waals surface area contributed by atoms with Gasteiger partial charge in [-0.05, 0) is 24.3 Å². The average molecular weight is 311 g/mol. The van der Waals surface area contributed by atoms with E-state index in [0.29, 0.717) is 29.0 Å². The number of aromatic nitrogens is 3. The number of benzene rings is 1. The van der Waals surface area contributed by atoms with Crippen LogP contribution in [0.15, 0.2) is 29.4 Å². The summed E-state index contributed by atoms with van der Waals surface area (Å²) >= 11 is 7.11. The quantitative estimate of drug-likeness (QED) is 0.686. The molecule has 1 aromatic carbocycles. The standard InChI is InChI=1S/C12H11ClN4O2S/c13-8-3-1-7(2-4-8)10-15-16-12(17(10)14)20-9-5-6-19-11(9)18/h1-4,9H,5-6,14H2/t9-/m1/s1. The molecule has 20 heavy (non-hydrogen) atoms. The predicted octanol–water partition coefficient (Wildman–Crippen LogP) is 1.72. The Morgan fingerprint density at radius 2 is 2.10 bits per heavy atom. The maximum atomic E-state index is 11.4. The van der Waals surface area contributed by atoms with E-state index in [2.05, 4.69) is 10.2 Å². The zero-order valence-electron chi connectivity index (χ0n) is 10.3. The highest BCUT2D eigenvalue weighted by molar-refractivity contribution is 8.00. The number of nitrogens with two attached hydrogens (primary N) is 1. The molecule has 1 aliphatic rings. The topological polar surface area (TPSA) is 83.0 Å². The molecule has 2 N–H and O–H groups in total. The third-order valence-electron chi connectivity index (χ3n) is 2.90. The second kappa shape index (κ2) is 5.34. The number of carbonyl (C=O) groups is 1. The molecule has 1 saturated heterocycles. The normalized spacial score (nSPS) is 18.2. The van der Waals surface area contributed by atoms with Crippen LogP contribution in [-0.4, -0.2) is 32.7 Å². The summed E-state index contributed by atoms with van der Waals surface area (Å²) < 4.78 is 6.28.